The Morgan fingerprint density at radius 1 is 1.07 bits per heavy atom. The van der Waals surface area contributed by atoms with Crippen molar-refractivity contribution >= 4 is 38.6 Å². The molecule has 0 spiro atoms. The zero-order chi connectivity index (χ0) is 32.2. The summed E-state index contributed by atoms with van der Waals surface area (Å²) >= 11 is 0. The second kappa shape index (κ2) is 16.0. The molecule has 0 aliphatic carbocycles. The number of sulfone groups is 1. The summed E-state index contributed by atoms with van der Waals surface area (Å²) in [4.78, 5) is 14.3. The van der Waals surface area contributed by atoms with Crippen molar-refractivity contribution in [2.45, 2.75) is 71.3 Å². The number of rotatable bonds is 15. The lowest BCUT2D eigenvalue weighted by Gasteiger charge is -2.25. The average Bonchev–Trinajstić information content (AvgIpc) is 3.58. The van der Waals surface area contributed by atoms with E-state index in [-0.39, 0.29) is 28.8 Å². The van der Waals surface area contributed by atoms with Crippen molar-refractivity contribution in [3.63, 3.8) is 0 Å². The van der Waals surface area contributed by atoms with E-state index in [2.05, 4.69) is 44.6 Å². The second-order valence-electron chi connectivity index (χ2n) is 11.3. The van der Waals surface area contributed by atoms with Crippen LogP contribution in [0.5, 0.6) is 0 Å². The molecule has 1 aromatic heterocycles. The summed E-state index contributed by atoms with van der Waals surface area (Å²) in [6, 6.07) is 18.6. The van der Waals surface area contributed by atoms with Crippen molar-refractivity contribution < 1.29 is 13.2 Å². The molecule has 0 bridgehead atoms. The standard InChI is InChI=1S/C33H40N8O3S/c1-3-4-5-6-7-11-19-40(20-12-18-34)27-15-16-30(31(22-27)36-25(2)42)37-38-33-29(23-35)32(26-13-9-8-10-14-26)39-41(33)28-17-21-45(43,44)24-28/h8-10,13-16,22,28H,3-7,11-12,17,19-21,24H2,1-2H3,(H,36,42). The molecule has 1 N–H and O–H groups in total. The van der Waals surface area contributed by atoms with Gasteiger partial charge < -0.3 is 10.2 Å². The van der Waals surface area contributed by atoms with E-state index in [4.69, 9.17) is 0 Å². The van der Waals surface area contributed by atoms with Gasteiger partial charge >= 0.3 is 0 Å². The van der Waals surface area contributed by atoms with Gasteiger partial charge in [-0.05, 0) is 31.0 Å². The van der Waals surface area contributed by atoms with Gasteiger partial charge in [0.1, 0.15) is 23.0 Å². The summed E-state index contributed by atoms with van der Waals surface area (Å²) in [6.07, 6.45) is 7.65. The van der Waals surface area contributed by atoms with E-state index in [0.29, 0.717) is 42.0 Å². The Hall–Kier alpha value is -4.55. The number of amides is 1. The number of benzene rings is 2. The normalized spacial score (nSPS) is 15.5. The number of nitrogens with one attached hydrogen (secondary N) is 1. The van der Waals surface area contributed by atoms with Gasteiger partial charge in [-0.1, -0.05) is 69.4 Å². The largest absolute Gasteiger partial charge is 0.370 e. The van der Waals surface area contributed by atoms with E-state index in [1.165, 1.54) is 37.3 Å². The predicted molar refractivity (Wildman–Crippen MR) is 175 cm³/mol. The fourth-order valence-electron chi connectivity index (χ4n) is 5.48. The molecule has 1 saturated heterocycles. The first kappa shape index (κ1) is 33.3. The van der Waals surface area contributed by atoms with E-state index < -0.39 is 15.9 Å². The minimum Gasteiger partial charge on any atom is -0.370 e. The molecule has 1 aliphatic rings. The highest BCUT2D eigenvalue weighted by Crippen LogP contribution is 2.38. The van der Waals surface area contributed by atoms with Crippen LogP contribution < -0.4 is 10.2 Å². The van der Waals surface area contributed by atoms with Crippen LogP contribution in [0.25, 0.3) is 11.3 Å². The maximum atomic E-state index is 12.3. The molecule has 1 aliphatic heterocycles. The first-order chi connectivity index (χ1) is 21.8. The number of unbranched alkanes of at least 4 members (excludes halogenated alkanes) is 5. The number of anilines is 2. The lowest BCUT2D eigenvalue weighted by molar-refractivity contribution is -0.114. The van der Waals surface area contributed by atoms with Gasteiger partial charge in [-0.2, -0.15) is 15.6 Å². The van der Waals surface area contributed by atoms with E-state index in [1.54, 1.807) is 6.07 Å². The van der Waals surface area contributed by atoms with E-state index in [0.717, 1.165) is 25.1 Å². The molecule has 1 fully saturated rings. The van der Waals surface area contributed by atoms with Crippen LogP contribution in [-0.4, -0.2) is 48.7 Å². The number of carbonyl (C=O) groups is 1. The van der Waals surface area contributed by atoms with Gasteiger partial charge in [0.2, 0.25) is 5.91 Å². The van der Waals surface area contributed by atoms with Crippen LogP contribution in [0.15, 0.2) is 58.8 Å². The molecule has 11 nitrogen and oxygen atoms in total. The third-order valence-corrected chi connectivity index (χ3v) is 9.53. The van der Waals surface area contributed by atoms with Crippen molar-refractivity contribution in [1.29, 1.82) is 10.5 Å². The van der Waals surface area contributed by atoms with Gasteiger partial charge in [-0.3, -0.25) is 4.79 Å². The molecule has 1 amide bonds. The monoisotopic (exact) mass is 628 g/mol. The minimum atomic E-state index is -3.24. The third-order valence-electron chi connectivity index (χ3n) is 7.78. The fraction of sp³-hybridized carbons (Fsp3) is 0.455. The highest BCUT2D eigenvalue weighted by Gasteiger charge is 2.33. The number of nitrogens with zero attached hydrogens (tertiary/aromatic N) is 7. The minimum absolute atomic E-state index is 0.0336. The molecule has 1 unspecified atom stereocenters. The van der Waals surface area contributed by atoms with Crippen molar-refractivity contribution in [2.75, 3.05) is 34.8 Å². The van der Waals surface area contributed by atoms with Crippen LogP contribution in [0.2, 0.25) is 0 Å². The maximum Gasteiger partial charge on any atom is 0.221 e. The molecular weight excluding hydrogens is 588 g/mol. The average molecular weight is 629 g/mol. The van der Waals surface area contributed by atoms with Crippen molar-refractivity contribution in [3.8, 4) is 23.4 Å². The molecule has 236 valence electrons. The van der Waals surface area contributed by atoms with Crippen LogP contribution in [0.3, 0.4) is 0 Å². The van der Waals surface area contributed by atoms with Gasteiger partial charge in [0.15, 0.2) is 15.7 Å². The highest BCUT2D eigenvalue weighted by molar-refractivity contribution is 7.91. The Labute approximate surface area is 265 Å². The molecule has 45 heavy (non-hydrogen) atoms. The third kappa shape index (κ3) is 8.99. The zero-order valence-electron chi connectivity index (χ0n) is 25.9. The Balaban J connectivity index is 1.69. The second-order valence-corrected chi connectivity index (χ2v) is 13.5. The van der Waals surface area contributed by atoms with Crippen LogP contribution >= 0.6 is 0 Å². The van der Waals surface area contributed by atoms with Crippen LogP contribution in [0.4, 0.5) is 22.9 Å². The van der Waals surface area contributed by atoms with Gasteiger partial charge in [0.05, 0.1) is 35.7 Å². The SMILES string of the molecule is CCCCCCCCN(CCC#N)c1ccc(N=Nc2c(C#N)c(-c3ccccc3)nn2C2CCS(=O)(=O)C2)c(NC(C)=O)c1. The zero-order valence-corrected chi connectivity index (χ0v) is 26.8. The molecular formula is C33H40N8O3S. The summed E-state index contributed by atoms with van der Waals surface area (Å²) in [5.41, 5.74) is 2.95. The molecule has 2 aromatic carbocycles. The first-order valence-corrected chi connectivity index (χ1v) is 17.3. The summed E-state index contributed by atoms with van der Waals surface area (Å²) in [5, 5.41) is 35.9. The number of azo groups is 1. The summed E-state index contributed by atoms with van der Waals surface area (Å²) in [6.45, 7) is 4.95. The van der Waals surface area contributed by atoms with E-state index in [9.17, 15) is 23.7 Å². The number of hydrogen-bond donors (Lipinski definition) is 1. The maximum absolute atomic E-state index is 12.3. The molecule has 0 radical (unpaired) electrons. The molecule has 1 atom stereocenters. The fourth-order valence-corrected chi connectivity index (χ4v) is 7.17. The quantitative estimate of drug-likeness (QED) is 0.137. The number of aromatic nitrogens is 2. The van der Waals surface area contributed by atoms with E-state index in [1.807, 2.05) is 42.5 Å². The van der Waals surface area contributed by atoms with Gasteiger partial charge in [0, 0.05) is 31.3 Å². The first-order valence-electron chi connectivity index (χ1n) is 15.5. The van der Waals surface area contributed by atoms with Crippen molar-refractivity contribution in [2.24, 2.45) is 10.2 Å². The smallest absolute Gasteiger partial charge is 0.221 e. The molecule has 4 rings (SSSR count). The molecule has 2 heterocycles. The lowest BCUT2D eigenvalue weighted by atomic mass is 10.1. The Kier molecular flexibility index (Phi) is 11.8. The van der Waals surface area contributed by atoms with Gasteiger partial charge in [-0.25, -0.2) is 13.1 Å². The summed E-state index contributed by atoms with van der Waals surface area (Å²) < 4.78 is 26.2. The Morgan fingerprint density at radius 2 is 1.82 bits per heavy atom. The molecule has 3 aromatic rings. The predicted octanol–water partition coefficient (Wildman–Crippen LogP) is 7.24. The summed E-state index contributed by atoms with van der Waals surface area (Å²) in [5.74, 6) is -0.186. The van der Waals surface area contributed by atoms with Gasteiger partial charge in [-0.15, -0.1) is 10.2 Å². The Bertz CT molecular complexity index is 1690. The molecule has 12 heteroatoms. The lowest BCUT2D eigenvalue weighted by Crippen LogP contribution is -2.25. The van der Waals surface area contributed by atoms with Crippen molar-refractivity contribution in [3.05, 3.63) is 54.1 Å². The van der Waals surface area contributed by atoms with Crippen molar-refractivity contribution in [1.82, 2.24) is 9.78 Å². The van der Waals surface area contributed by atoms with Gasteiger partial charge in [0.25, 0.3) is 0 Å². The van der Waals surface area contributed by atoms with Crippen LogP contribution in [0.1, 0.15) is 76.8 Å². The number of carbonyl (C=O) groups excluding carboxylic acids is 1. The molecule has 0 saturated carbocycles. The van der Waals surface area contributed by atoms with E-state index >= 15 is 0 Å². The Morgan fingerprint density at radius 3 is 2.49 bits per heavy atom. The van der Waals surface area contributed by atoms with Crippen LogP contribution in [-0.2, 0) is 14.6 Å². The highest BCUT2D eigenvalue weighted by atomic mass is 32.2. The number of nitriles is 2. The summed E-state index contributed by atoms with van der Waals surface area (Å²) in [7, 11) is -3.24. The topological polar surface area (TPSA) is 157 Å². The van der Waals surface area contributed by atoms with Crippen LogP contribution in [0, 0.1) is 22.7 Å². The number of hydrogen-bond acceptors (Lipinski definition) is 9.